The lowest BCUT2D eigenvalue weighted by atomic mass is 10.1. The molecule has 2 nitrogen and oxygen atoms in total. The second-order valence-electron chi connectivity index (χ2n) is 2.52. The molecule has 0 amide bonds. The summed E-state index contributed by atoms with van der Waals surface area (Å²) in [5.74, 6) is 0. The zero-order valence-electron chi connectivity index (χ0n) is 6.54. The second-order valence-corrected chi connectivity index (χ2v) is 2.52. The summed E-state index contributed by atoms with van der Waals surface area (Å²) in [5, 5.41) is 0. The summed E-state index contributed by atoms with van der Waals surface area (Å²) in [5.41, 5.74) is 13.7. The Balaban J connectivity index is 3.04. The number of rotatable bonds is 1. The SMILES string of the molecule is C/C(N)=C\c1ccccc1N. The highest BCUT2D eigenvalue weighted by Crippen LogP contribution is 2.12. The summed E-state index contributed by atoms with van der Waals surface area (Å²) < 4.78 is 0. The van der Waals surface area contributed by atoms with Gasteiger partial charge >= 0.3 is 0 Å². The number of benzene rings is 1. The van der Waals surface area contributed by atoms with Crippen molar-refractivity contribution in [3.63, 3.8) is 0 Å². The number of nitrogen functional groups attached to an aromatic ring is 1. The zero-order valence-corrected chi connectivity index (χ0v) is 6.54. The van der Waals surface area contributed by atoms with E-state index in [1.165, 1.54) is 0 Å². The maximum Gasteiger partial charge on any atom is 0.0388 e. The maximum atomic E-state index is 5.67. The van der Waals surface area contributed by atoms with Crippen molar-refractivity contribution in [2.24, 2.45) is 5.73 Å². The van der Waals surface area contributed by atoms with Crippen LogP contribution in [0.25, 0.3) is 6.08 Å². The molecule has 0 aliphatic carbocycles. The first-order chi connectivity index (χ1) is 5.20. The van der Waals surface area contributed by atoms with E-state index in [1.807, 2.05) is 37.3 Å². The third-order valence-electron chi connectivity index (χ3n) is 1.38. The number of hydrogen-bond donors (Lipinski definition) is 2. The van der Waals surface area contributed by atoms with Crippen LogP contribution in [0, 0.1) is 0 Å². The summed E-state index contributed by atoms with van der Waals surface area (Å²) >= 11 is 0. The standard InChI is InChI=1S/C9H12N2/c1-7(10)6-8-4-2-3-5-9(8)11/h2-6H,10-11H2,1H3/b7-6+. The van der Waals surface area contributed by atoms with Crippen molar-refractivity contribution in [2.45, 2.75) is 6.92 Å². The molecule has 1 rings (SSSR count). The van der Waals surface area contributed by atoms with Gasteiger partial charge in [0.15, 0.2) is 0 Å². The summed E-state index contributed by atoms with van der Waals surface area (Å²) in [6, 6.07) is 7.63. The van der Waals surface area contributed by atoms with Gasteiger partial charge in [-0.3, -0.25) is 0 Å². The van der Waals surface area contributed by atoms with Crippen LogP contribution in [-0.2, 0) is 0 Å². The fourth-order valence-electron chi connectivity index (χ4n) is 0.888. The Labute approximate surface area is 66.5 Å². The monoisotopic (exact) mass is 148 g/mol. The molecule has 0 radical (unpaired) electrons. The molecule has 4 N–H and O–H groups in total. The van der Waals surface area contributed by atoms with Gasteiger partial charge < -0.3 is 11.5 Å². The summed E-state index contributed by atoms with van der Waals surface area (Å²) in [6.45, 7) is 1.84. The van der Waals surface area contributed by atoms with Crippen molar-refractivity contribution in [3.05, 3.63) is 35.5 Å². The van der Waals surface area contributed by atoms with Crippen molar-refractivity contribution in [1.29, 1.82) is 0 Å². The average Bonchev–Trinajstić information content (AvgIpc) is 1.93. The largest absolute Gasteiger partial charge is 0.402 e. The van der Waals surface area contributed by atoms with Crippen molar-refractivity contribution in [3.8, 4) is 0 Å². The van der Waals surface area contributed by atoms with E-state index in [2.05, 4.69) is 0 Å². The third kappa shape index (κ3) is 2.00. The molecule has 0 atom stereocenters. The van der Waals surface area contributed by atoms with Crippen LogP contribution in [0.15, 0.2) is 30.0 Å². The van der Waals surface area contributed by atoms with E-state index in [9.17, 15) is 0 Å². The zero-order chi connectivity index (χ0) is 8.27. The fraction of sp³-hybridized carbons (Fsp3) is 0.111. The van der Waals surface area contributed by atoms with Crippen LogP contribution in [0.4, 0.5) is 5.69 Å². The highest BCUT2D eigenvalue weighted by molar-refractivity contribution is 5.65. The van der Waals surface area contributed by atoms with Gasteiger partial charge in [-0.05, 0) is 24.6 Å². The quantitative estimate of drug-likeness (QED) is 0.594. The molecular weight excluding hydrogens is 136 g/mol. The van der Waals surface area contributed by atoms with Crippen LogP contribution in [0.3, 0.4) is 0 Å². The molecule has 58 valence electrons. The molecule has 1 aromatic rings. The van der Waals surface area contributed by atoms with E-state index >= 15 is 0 Å². The Hall–Kier alpha value is -1.44. The van der Waals surface area contributed by atoms with E-state index < -0.39 is 0 Å². The van der Waals surface area contributed by atoms with Crippen molar-refractivity contribution in [1.82, 2.24) is 0 Å². The Morgan fingerprint density at radius 2 is 2.00 bits per heavy atom. The van der Waals surface area contributed by atoms with Crippen LogP contribution in [0.2, 0.25) is 0 Å². The lowest BCUT2D eigenvalue weighted by Crippen LogP contribution is -1.92. The smallest absolute Gasteiger partial charge is 0.0388 e. The van der Waals surface area contributed by atoms with Gasteiger partial charge in [0, 0.05) is 11.4 Å². The number of anilines is 1. The van der Waals surface area contributed by atoms with Crippen molar-refractivity contribution < 1.29 is 0 Å². The van der Waals surface area contributed by atoms with E-state index in [-0.39, 0.29) is 0 Å². The normalized spacial score (nSPS) is 11.5. The lowest BCUT2D eigenvalue weighted by molar-refractivity contribution is 1.34. The molecule has 0 spiro atoms. The van der Waals surface area contributed by atoms with Crippen LogP contribution in [-0.4, -0.2) is 0 Å². The molecule has 0 fully saturated rings. The van der Waals surface area contributed by atoms with Crippen molar-refractivity contribution in [2.75, 3.05) is 5.73 Å². The first-order valence-corrected chi connectivity index (χ1v) is 3.48. The van der Waals surface area contributed by atoms with E-state index in [1.54, 1.807) is 0 Å². The van der Waals surface area contributed by atoms with E-state index in [4.69, 9.17) is 11.5 Å². The molecule has 0 bridgehead atoms. The first kappa shape index (κ1) is 7.66. The van der Waals surface area contributed by atoms with Gasteiger partial charge in [0.05, 0.1) is 0 Å². The molecule has 0 aromatic heterocycles. The molecule has 0 unspecified atom stereocenters. The first-order valence-electron chi connectivity index (χ1n) is 3.48. The maximum absolute atomic E-state index is 5.67. The number of hydrogen-bond acceptors (Lipinski definition) is 2. The minimum Gasteiger partial charge on any atom is -0.402 e. The highest BCUT2D eigenvalue weighted by Gasteiger charge is 1.91. The van der Waals surface area contributed by atoms with Gasteiger partial charge in [-0.25, -0.2) is 0 Å². The lowest BCUT2D eigenvalue weighted by Gasteiger charge is -1.98. The molecule has 0 saturated carbocycles. The Kier molecular flexibility index (Phi) is 2.16. The van der Waals surface area contributed by atoms with Gasteiger partial charge in [-0.1, -0.05) is 18.2 Å². The third-order valence-corrected chi connectivity index (χ3v) is 1.38. The van der Waals surface area contributed by atoms with Crippen LogP contribution in [0.1, 0.15) is 12.5 Å². The molecule has 0 aliphatic rings. The van der Waals surface area contributed by atoms with Gasteiger partial charge in [0.2, 0.25) is 0 Å². The molecule has 0 aliphatic heterocycles. The van der Waals surface area contributed by atoms with Gasteiger partial charge in [-0.15, -0.1) is 0 Å². The summed E-state index contributed by atoms with van der Waals surface area (Å²) in [4.78, 5) is 0. The summed E-state index contributed by atoms with van der Waals surface area (Å²) in [6.07, 6.45) is 1.86. The van der Waals surface area contributed by atoms with Gasteiger partial charge in [0.1, 0.15) is 0 Å². The molecule has 11 heavy (non-hydrogen) atoms. The summed E-state index contributed by atoms with van der Waals surface area (Å²) in [7, 11) is 0. The average molecular weight is 148 g/mol. The Morgan fingerprint density at radius 1 is 1.36 bits per heavy atom. The van der Waals surface area contributed by atoms with Crippen molar-refractivity contribution >= 4 is 11.8 Å². The van der Waals surface area contributed by atoms with E-state index in [0.29, 0.717) is 0 Å². The molecule has 1 aromatic carbocycles. The number of para-hydroxylation sites is 1. The Morgan fingerprint density at radius 3 is 2.55 bits per heavy atom. The topological polar surface area (TPSA) is 52.0 Å². The Bertz CT molecular complexity index is 273. The second kappa shape index (κ2) is 3.10. The fourth-order valence-corrected chi connectivity index (χ4v) is 0.888. The van der Waals surface area contributed by atoms with E-state index in [0.717, 1.165) is 16.9 Å². The highest BCUT2D eigenvalue weighted by atomic mass is 14.6. The predicted octanol–water partition coefficient (Wildman–Crippen LogP) is 1.59. The minimum atomic E-state index is 0.761. The molecule has 0 saturated heterocycles. The van der Waals surface area contributed by atoms with Crippen LogP contribution < -0.4 is 11.5 Å². The molecule has 0 heterocycles. The van der Waals surface area contributed by atoms with Crippen LogP contribution >= 0.6 is 0 Å². The molecule has 2 heteroatoms. The van der Waals surface area contributed by atoms with Gasteiger partial charge in [-0.2, -0.15) is 0 Å². The number of nitrogens with two attached hydrogens (primary N) is 2. The van der Waals surface area contributed by atoms with Crippen LogP contribution in [0.5, 0.6) is 0 Å². The number of allylic oxidation sites excluding steroid dienone is 1. The van der Waals surface area contributed by atoms with Gasteiger partial charge in [0.25, 0.3) is 0 Å². The molecular formula is C9H12N2. The predicted molar refractivity (Wildman–Crippen MR) is 48.7 cm³/mol. The minimum absolute atomic E-state index is 0.761.